The molecule has 3 rings (SSSR count). The molecule has 21 heavy (non-hydrogen) atoms. The van der Waals surface area contributed by atoms with E-state index in [0.29, 0.717) is 0 Å². The van der Waals surface area contributed by atoms with E-state index in [1.807, 2.05) is 0 Å². The van der Waals surface area contributed by atoms with E-state index in [0.717, 1.165) is 69.9 Å². The molecule has 3 heterocycles. The van der Waals surface area contributed by atoms with Crippen LogP contribution in [0, 0.1) is 5.92 Å². The van der Waals surface area contributed by atoms with Gasteiger partial charge in [0.1, 0.15) is 11.9 Å². The van der Waals surface area contributed by atoms with Gasteiger partial charge in [0.05, 0.1) is 6.61 Å². The molecule has 1 atom stereocenters. The van der Waals surface area contributed by atoms with Gasteiger partial charge >= 0.3 is 0 Å². The highest BCUT2D eigenvalue weighted by Gasteiger charge is 2.27. The van der Waals surface area contributed by atoms with Crippen molar-refractivity contribution < 1.29 is 9.47 Å². The van der Waals surface area contributed by atoms with Gasteiger partial charge in [0, 0.05) is 39.3 Å². The highest BCUT2D eigenvalue weighted by Crippen LogP contribution is 2.22. The molecule has 0 saturated carbocycles. The zero-order valence-electron chi connectivity index (χ0n) is 12.9. The fraction of sp³-hybridized carbons (Fsp3) is 0.867. The average molecular weight is 294 g/mol. The maximum absolute atomic E-state index is 5.86. The van der Waals surface area contributed by atoms with Crippen molar-refractivity contribution in [1.82, 2.24) is 20.1 Å². The standard InChI is InChI=1S/C15H26N4O2/c1-2-3-14-16-15(18-17-14)13-11-19(6-9-21-13)10-12-4-7-20-8-5-12/h12-13H,2-11H2,1H3,(H,16,17,18). The number of ether oxygens (including phenoxy) is 2. The number of H-pyrrole nitrogens is 1. The lowest BCUT2D eigenvalue weighted by Crippen LogP contribution is -2.42. The lowest BCUT2D eigenvalue weighted by atomic mass is 9.99. The number of morpholine rings is 1. The Kier molecular flexibility index (Phi) is 5.22. The lowest BCUT2D eigenvalue weighted by Gasteiger charge is -2.35. The van der Waals surface area contributed by atoms with Crippen LogP contribution in [0.15, 0.2) is 0 Å². The van der Waals surface area contributed by atoms with E-state index in [1.54, 1.807) is 0 Å². The second-order valence-electron chi connectivity index (χ2n) is 6.07. The van der Waals surface area contributed by atoms with Gasteiger partial charge in [-0.25, -0.2) is 4.98 Å². The molecular formula is C15H26N4O2. The first-order valence-electron chi connectivity index (χ1n) is 8.18. The van der Waals surface area contributed by atoms with Crippen LogP contribution >= 0.6 is 0 Å². The quantitative estimate of drug-likeness (QED) is 0.893. The number of hydrogen-bond acceptors (Lipinski definition) is 5. The third-order valence-corrected chi connectivity index (χ3v) is 4.33. The van der Waals surface area contributed by atoms with Gasteiger partial charge in [0.2, 0.25) is 0 Å². The van der Waals surface area contributed by atoms with Gasteiger partial charge in [-0.1, -0.05) is 6.92 Å². The summed E-state index contributed by atoms with van der Waals surface area (Å²) < 4.78 is 11.3. The van der Waals surface area contributed by atoms with Crippen LogP contribution in [0.5, 0.6) is 0 Å². The normalized spacial score (nSPS) is 25.3. The summed E-state index contributed by atoms with van der Waals surface area (Å²) in [4.78, 5) is 7.07. The monoisotopic (exact) mass is 294 g/mol. The third kappa shape index (κ3) is 4.02. The lowest BCUT2D eigenvalue weighted by molar-refractivity contribution is -0.0447. The Bertz CT molecular complexity index is 431. The van der Waals surface area contributed by atoms with Gasteiger partial charge < -0.3 is 9.47 Å². The summed E-state index contributed by atoms with van der Waals surface area (Å²) in [5, 5.41) is 7.36. The van der Waals surface area contributed by atoms with Gasteiger partial charge in [-0.15, -0.1) is 0 Å². The van der Waals surface area contributed by atoms with Crippen LogP contribution in [0.25, 0.3) is 0 Å². The van der Waals surface area contributed by atoms with Crippen LogP contribution in [0.1, 0.15) is 43.9 Å². The van der Waals surface area contributed by atoms with E-state index >= 15 is 0 Å². The molecule has 118 valence electrons. The van der Waals surface area contributed by atoms with E-state index in [4.69, 9.17) is 9.47 Å². The fourth-order valence-electron chi connectivity index (χ4n) is 3.12. The van der Waals surface area contributed by atoms with Crippen LogP contribution in [-0.2, 0) is 15.9 Å². The minimum Gasteiger partial charge on any atom is -0.381 e. The van der Waals surface area contributed by atoms with Crippen LogP contribution < -0.4 is 0 Å². The maximum atomic E-state index is 5.86. The zero-order valence-corrected chi connectivity index (χ0v) is 12.9. The minimum atomic E-state index is 0.0143. The fourth-order valence-corrected chi connectivity index (χ4v) is 3.12. The van der Waals surface area contributed by atoms with E-state index in [1.165, 1.54) is 12.8 Å². The molecule has 1 unspecified atom stereocenters. The van der Waals surface area contributed by atoms with E-state index in [-0.39, 0.29) is 6.10 Å². The van der Waals surface area contributed by atoms with E-state index < -0.39 is 0 Å². The smallest absolute Gasteiger partial charge is 0.180 e. The predicted molar refractivity (Wildman–Crippen MR) is 79.1 cm³/mol. The number of aromatic nitrogens is 3. The van der Waals surface area contributed by atoms with Gasteiger partial charge in [-0.3, -0.25) is 10.00 Å². The summed E-state index contributed by atoms with van der Waals surface area (Å²) in [6.07, 6.45) is 4.41. The molecule has 2 fully saturated rings. The molecule has 1 N–H and O–H groups in total. The highest BCUT2D eigenvalue weighted by molar-refractivity contribution is 4.97. The molecule has 0 aliphatic carbocycles. The molecule has 1 aromatic heterocycles. The highest BCUT2D eigenvalue weighted by atomic mass is 16.5. The number of rotatable bonds is 5. The van der Waals surface area contributed by atoms with Crippen molar-refractivity contribution in [2.45, 2.75) is 38.7 Å². The second kappa shape index (κ2) is 7.33. The Morgan fingerprint density at radius 2 is 2.14 bits per heavy atom. The minimum absolute atomic E-state index is 0.0143. The molecule has 1 aromatic rings. The zero-order chi connectivity index (χ0) is 14.5. The Hall–Kier alpha value is -0.980. The molecule has 2 aliphatic rings. The van der Waals surface area contributed by atoms with Crippen molar-refractivity contribution >= 4 is 0 Å². The van der Waals surface area contributed by atoms with E-state index in [2.05, 4.69) is 27.0 Å². The SMILES string of the molecule is CCCc1nc(C2CN(CC3CCOCC3)CCO2)n[nH]1. The van der Waals surface area contributed by atoms with Crippen LogP contribution in [0.4, 0.5) is 0 Å². The van der Waals surface area contributed by atoms with Crippen molar-refractivity contribution in [2.75, 3.05) is 39.5 Å². The molecule has 0 spiro atoms. The van der Waals surface area contributed by atoms with Crippen LogP contribution in [0.3, 0.4) is 0 Å². The Labute approximate surface area is 126 Å². The molecule has 0 radical (unpaired) electrons. The molecule has 0 aromatic carbocycles. The first-order chi connectivity index (χ1) is 10.3. The van der Waals surface area contributed by atoms with Crippen molar-refractivity contribution in [3.8, 4) is 0 Å². The Morgan fingerprint density at radius 1 is 1.29 bits per heavy atom. The summed E-state index contributed by atoms with van der Waals surface area (Å²) in [6, 6.07) is 0. The van der Waals surface area contributed by atoms with E-state index in [9.17, 15) is 0 Å². The van der Waals surface area contributed by atoms with Crippen molar-refractivity contribution in [3.05, 3.63) is 11.6 Å². The molecule has 6 nitrogen and oxygen atoms in total. The summed E-state index contributed by atoms with van der Waals surface area (Å²) in [5.41, 5.74) is 0. The summed E-state index contributed by atoms with van der Waals surface area (Å²) >= 11 is 0. The predicted octanol–water partition coefficient (Wildman–Crippen LogP) is 1.56. The number of aromatic amines is 1. The summed E-state index contributed by atoms with van der Waals surface area (Å²) in [5.74, 6) is 2.55. The number of nitrogens with zero attached hydrogens (tertiary/aromatic N) is 3. The Balaban J connectivity index is 1.54. The third-order valence-electron chi connectivity index (χ3n) is 4.33. The molecule has 6 heteroatoms. The summed E-state index contributed by atoms with van der Waals surface area (Å²) in [6.45, 7) is 7.82. The molecule has 2 aliphatic heterocycles. The molecular weight excluding hydrogens is 268 g/mol. The van der Waals surface area contributed by atoms with Crippen LogP contribution in [-0.4, -0.2) is 59.5 Å². The number of nitrogens with one attached hydrogen (secondary N) is 1. The first kappa shape index (κ1) is 14.9. The summed E-state index contributed by atoms with van der Waals surface area (Å²) in [7, 11) is 0. The second-order valence-corrected chi connectivity index (χ2v) is 6.07. The maximum Gasteiger partial charge on any atom is 0.180 e. The molecule has 0 bridgehead atoms. The van der Waals surface area contributed by atoms with Crippen molar-refractivity contribution in [1.29, 1.82) is 0 Å². The van der Waals surface area contributed by atoms with Gasteiger partial charge in [0.15, 0.2) is 5.82 Å². The van der Waals surface area contributed by atoms with Gasteiger partial charge in [-0.05, 0) is 25.2 Å². The topological polar surface area (TPSA) is 63.3 Å². The average Bonchev–Trinajstić information content (AvgIpc) is 2.98. The van der Waals surface area contributed by atoms with Gasteiger partial charge in [-0.2, -0.15) is 5.10 Å². The molecule has 2 saturated heterocycles. The van der Waals surface area contributed by atoms with Crippen LogP contribution in [0.2, 0.25) is 0 Å². The first-order valence-corrected chi connectivity index (χ1v) is 8.18. The number of aryl methyl sites for hydroxylation is 1. The van der Waals surface area contributed by atoms with Crippen molar-refractivity contribution in [2.24, 2.45) is 5.92 Å². The van der Waals surface area contributed by atoms with Gasteiger partial charge in [0.25, 0.3) is 0 Å². The largest absolute Gasteiger partial charge is 0.381 e. The number of hydrogen-bond donors (Lipinski definition) is 1. The van der Waals surface area contributed by atoms with Crippen molar-refractivity contribution in [3.63, 3.8) is 0 Å². The Morgan fingerprint density at radius 3 is 2.95 bits per heavy atom. The molecule has 0 amide bonds.